The summed E-state index contributed by atoms with van der Waals surface area (Å²) in [5, 5.41) is 0. The summed E-state index contributed by atoms with van der Waals surface area (Å²) in [4.78, 5) is 8.91. The first-order valence-corrected chi connectivity index (χ1v) is 10.2. The summed E-state index contributed by atoms with van der Waals surface area (Å²) in [6, 6.07) is 14.2. The highest BCUT2D eigenvalue weighted by Crippen LogP contribution is 2.32. The zero-order chi connectivity index (χ0) is 21.1. The molecular formula is C22H25F3N4O. The maximum atomic E-state index is 13.0. The highest BCUT2D eigenvalue weighted by Gasteiger charge is 2.31. The van der Waals surface area contributed by atoms with Crippen molar-refractivity contribution >= 4 is 16.7 Å². The normalized spacial score (nSPS) is 15.7. The molecule has 8 heteroatoms. The Balaban J connectivity index is 1.38. The van der Waals surface area contributed by atoms with Gasteiger partial charge in [-0.1, -0.05) is 18.2 Å². The first-order valence-electron chi connectivity index (χ1n) is 10.2. The Morgan fingerprint density at radius 2 is 1.73 bits per heavy atom. The molecule has 1 aliphatic rings. The molecule has 0 amide bonds. The molecule has 30 heavy (non-hydrogen) atoms. The second-order valence-corrected chi connectivity index (χ2v) is 7.34. The summed E-state index contributed by atoms with van der Waals surface area (Å²) >= 11 is 0. The largest absolute Gasteiger partial charge is 0.465 e. The summed E-state index contributed by atoms with van der Waals surface area (Å²) in [7, 11) is 0. The Labute approximate surface area is 173 Å². The van der Waals surface area contributed by atoms with Crippen LogP contribution in [0.4, 0.5) is 18.9 Å². The molecule has 1 aromatic heterocycles. The maximum absolute atomic E-state index is 13.0. The van der Waals surface area contributed by atoms with Crippen LogP contribution in [0.1, 0.15) is 12.5 Å². The SMILES string of the molecule is CCOc1nc2ccccc2n1CCN1CCN(c2cccc(C(F)(F)F)c2)CC1. The van der Waals surface area contributed by atoms with E-state index in [9.17, 15) is 13.2 Å². The van der Waals surface area contributed by atoms with Gasteiger partial charge in [0.15, 0.2) is 0 Å². The highest BCUT2D eigenvalue weighted by molar-refractivity contribution is 5.76. The number of aromatic nitrogens is 2. The van der Waals surface area contributed by atoms with Gasteiger partial charge in [0, 0.05) is 45.0 Å². The lowest BCUT2D eigenvalue weighted by Crippen LogP contribution is -2.47. The van der Waals surface area contributed by atoms with E-state index < -0.39 is 11.7 Å². The van der Waals surface area contributed by atoms with Crippen molar-refractivity contribution < 1.29 is 17.9 Å². The predicted octanol–water partition coefficient (Wildman–Crippen LogP) is 4.28. The fraction of sp³-hybridized carbons (Fsp3) is 0.409. The molecule has 1 fully saturated rings. The molecular weight excluding hydrogens is 393 g/mol. The van der Waals surface area contributed by atoms with Crippen molar-refractivity contribution in [2.45, 2.75) is 19.6 Å². The fourth-order valence-corrected chi connectivity index (χ4v) is 3.86. The monoisotopic (exact) mass is 418 g/mol. The number of ether oxygens (including phenoxy) is 1. The van der Waals surface area contributed by atoms with Gasteiger partial charge in [0.25, 0.3) is 6.01 Å². The molecule has 2 heterocycles. The lowest BCUT2D eigenvalue weighted by atomic mass is 10.1. The number of fused-ring (bicyclic) bond motifs is 1. The standard InChI is InChI=1S/C22H25F3N4O/c1-2-30-21-26-19-8-3-4-9-20(19)29(21)15-12-27-10-13-28(14-11-27)18-7-5-6-17(16-18)22(23,24)25/h3-9,16H,2,10-15H2,1H3. The molecule has 0 spiro atoms. The number of hydrogen-bond donors (Lipinski definition) is 0. The van der Waals surface area contributed by atoms with Gasteiger partial charge in [-0.05, 0) is 37.3 Å². The van der Waals surface area contributed by atoms with Gasteiger partial charge >= 0.3 is 6.18 Å². The minimum Gasteiger partial charge on any atom is -0.465 e. The Morgan fingerprint density at radius 1 is 0.967 bits per heavy atom. The molecule has 0 radical (unpaired) electrons. The van der Waals surface area contributed by atoms with Crippen molar-refractivity contribution in [1.82, 2.24) is 14.5 Å². The minimum absolute atomic E-state index is 0.555. The van der Waals surface area contributed by atoms with Crippen LogP contribution in [0.5, 0.6) is 6.01 Å². The van der Waals surface area contributed by atoms with Crippen LogP contribution in [0.15, 0.2) is 48.5 Å². The van der Waals surface area contributed by atoms with E-state index in [0.29, 0.717) is 31.4 Å². The zero-order valence-electron chi connectivity index (χ0n) is 16.9. The topological polar surface area (TPSA) is 33.5 Å². The number of para-hydroxylation sites is 2. The zero-order valence-corrected chi connectivity index (χ0v) is 16.9. The van der Waals surface area contributed by atoms with Crippen molar-refractivity contribution in [2.75, 3.05) is 44.2 Å². The van der Waals surface area contributed by atoms with Gasteiger partial charge in [-0.25, -0.2) is 0 Å². The smallest absolute Gasteiger partial charge is 0.416 e. The molecule has 160 valence electrons. The summed E-state index contributed by atoms with van der Waals surface area (Å²) in [5.74, 6) is 0. The van der Waals surface area contributed by atoms with Gasteiger partial charge in [-0.3, -0.25) is 9.47 Å². The fourth-order valence-electron chi connectivity index (χ4n) is 3.86. The van der Waals surface area contributed by atoms with E-state index in [2.05, 4.69) is 14.5 Å². The van der Waals surface area contributed by atoms with Crippen LogP contribution < -0.4 is 9.64 Å². The number of piperazine rings is 1. The summed E-state index contributed by atoms with van der Waals surface area (Å²) < 4.78 is 46.8. The third kappa shape index (κ3) is 4.38. The quantitative estimate of drug-likeness (QED) is 0.599. The highest BCUT2D eigenvalue weighted by atomic mass is 19.4. The van der Waals surface area contributed by atoms with Gasteiger partial charge < -0.3 is 9.64 Å². The van der Waals surface area contributed by atoms with E-state index in [1.54, 1.807) is 6.07 Å². The molecule has 0 atom stereocenters. The summed E-state index contributed by atoms with van der Waals surface area (Å²) in [5.41, 5.74) is 1.99. The molecule has 3 aromatic rings. The van der Waals surface area contributed by atoms with Crippen LogP contribution in [0.25, 0.3) is 11.0 Å². The van der Waals surface area contributed by atoms with E-state index in [-0.39, 0.29) is 0 Å². The third-order valence-corrected chi connectivity index (χ3v) is 5.44. The van der Waals surface area contributed by atoms with Gasteiger partial charge in [-0.15, -0.1) is 0 Å². The van der Waals surface area contributed by atoms with Crippen molar-refractivity contribution in [2.24, 2.45) is 0 Å². The Hall–Kier alpha value is -2.74. The number of halogens is 3. The second kappa shape index (κ2) is 8.55. The van der Waals surface area contributed by atoms with Crippen molar-refractivity contribution in [3.05, 3.63) is 54.1 Å². The van der Waals surface area contributed by atoms with Crippen LogP contribution in [0.3, 0.4) is 0 Å². The molecule has 5 nitrogen and oxygen atoms in total. The number of anilines is 1. The Kier molecular flexibility index (Phi) is 5.85. The first kappa shape index (κ1) is 20.5. The number of alkyl halides is 3. The average Bonchev–Trinajstić information content (AvgIpc) is 3.09. The first-order chi connectivity index (χ1) is 14.5. The number of nitrogens with zero attached hydrogens (tertiary/aromatic N) is 4. The summed E-state index contributed by atoms with van der Waals surface area (Å²) in [6.45, 7) is 7.07. The molecule has 0 unspecified atom stereocenters. The molecule has 0 aliphatic carbocycles. The maximum Gasteiger partial charge on any atom is 0.416 e. The third-order valence-electron chi connectivity index (χ3n) is 5.44. The van der Waals surface area contributed by atoms with E-state index in [0.717, 1.165) is 43.3 Å². The molecule has 0 bridgehead atoms. The molecule has 4 rings (SSSR count). The van der Waals surface area contributed by atoms with Gasteiger partial charge in [0.05, 0.1) is 23.2 Å². The lowest BCUT2D eigenvalue weighted by Gasteiger charge is -2.36. The minimum atomic E-state index is -4.32. The average molecular weight is 418 g/mol. The van der Waals surface area contributed by atoms with Crippen LogP contribution in [-0.4, -0.2) is 53.8 Å². The van der Waals surface area contributed by atoms with Gasteiger partial charge in [-0.2, -0.15) is 18.2 Å². The summed E-state index contributed by atoms with van der Waals surface area (Å²) in [6.07, 6.45) is -4.32. The lowest BCUT2D eigenvalue weighted by molar-refractivity contribution is -0.137. The van der Waals surface area contributed by atoms with Crippen LogP contribution >= 0.6 is 0 Å². The van der Waals surface area contributed by atoms with E-state index >= 15 is 0 Å². The van der Waals surface area contributed by atoms with Crippen molar-refractivity contribution in [3.8, 4) is 6.01 Å². The predicted molar refractivity (Wildman–Crippen MR) is 111 cm³/mol. The molecule has 1 aliphatic heterocycles. The molecule has 1 saturated heterocycles. The molecule has 0 saturated carbocycles. The number of hydrogen-bond acceptors (Lipinski definition) is 4. The Morgan fingerprint density at radius 3 is 2.47 bits per heavy atom. The molecule has 0 N–H and O–H groups in total. The van der Waals surface area contributed by atoms with Gasteiger partial charge in [0.1, 0.15) is 0 Å². The number of rotatable bonds is 6. The van der Waals surface area contributed by atoms with Crippen molar-refractivity contribution in [1.29, 1.82) is 0 Å². The second-order valence-electron chi connectivity index (χ2n) is 7.34. The van der Waals surface area contributed by atoms with E-state index in [1.807, 2.05) is 36.1 Å². The van der Waals surface area contributed by atoms with Crippen LogP contribution in [0, 0.1) is 0 Å². The van der Waals surface area contributed by atoms with E-state index in [4.69, 9.17) is 4.74 Å². The Bertz CT molecular complexity index is 993. The van der Waals surface area contributed by atoms with Gasteiger partial charge in [0.2, 0.25) is 0 Å². The van der Waals surface area contributed by atoms with Crippen molar-refractivity contribution in [3.63, 3.8) is 0 Å². The number of benzene rings is 2. The van der Waals surface area contributed by atoms with E-state index in [1.165, 1.54) is 12.1 Å². The van der Waals surface area contributed by atoms with Crippen LogP contribution in [-0.2, 0) is 12.7 Å². The number of imidazole rings is 1. The van der Waals surface area contributed by atoms with Crippen LogP contribution in [0.2, 0.25) is 0 Å². The molecule has 2 aromatic carbocycles.